The Morgan fingerprint density at radius 3 is 2.81 bits per heavy atom. The van der Waals surface area contributed by atoms with Crippen LogP contribution in [0.15, 0.2) is 17.8 Å². The van der Waals surface area contributed by atoms with Crippen LogP contribution in [0.25, 0.3) is 0 Å². The molecule has 0 bridgehead atoms. The van der Waals surface area contributed by atoms with Crippen molar-refractivity contribution < 1.29 is 14.3 Å². The maximum absolute atomic E-state index is 12.4. The van der Waals surface area contributed by atoms with Crippen LogP contribution in [0.5, 0.6) is 0 Å². The molecule has 1 aromatic rings. The number of hydrogen-bond donors (Lipinski definition) is 0. The highest BCUT2D eigenvalue weighted by Crippen LogP contribution is 2.68. The van der Waals surface area contributed by atoms with Crippen molar-refractivity contribution in [1.29, 1.82) is 0 Å². The Bertz CT molecular complexity index is 937. The van der Waals surface area contributed by atoms with E-state index in [0.29, 0.717) is 35.9 Å². The zero-order valence-electron chi connectivity index (χ0n) is 19.8. The average Bonchev–Trinajstić information content (AvgIpc) is 3.35. The van der Waals surface area contributed by atoms with E-state index in [1.165, 1.54) is 12.5 Å². The standard InChI is InChI=1S/C26H37N3O3/c1-4-5-14-29-16-24(27-28-29)26(32-17(2)30)13-11-23-22-8-6-18-15-19(31)7-9-20(18)21(22)10-12-25(23,26)3/h15-16,20-23H,4-14H2,1-3H3. The van der Waals surface area contributed by atoms with Gasteiger partial charge in [0, 0.05) is 25.3 Å². The van der Waals surface area contributed by atoms with Crippen LogP contribution in [0.3, 0.4) is 0 Å². The molecule has 0 N–H and O–H groups in total. The van der Waals surface area contributed by atoms with Crippen molar-refractivity contribution in [2.45, 2.75) is 97.1 Å². The number of allylic oxidation sites excluding steroid dienone is 1. The van der Waals surface area contributed by atoms with Gasteiger partial charge in [0.05, 0.1) is 6.20 Å². The number of ketones is 1. The van der Waals surface area contributed by atoms with Crippen LogP contribution < -0.4 is 0 Å². The second kappa shape index (κ2) is 8.11. The molecule has 1 aromatic heterocycles. The van der Waals surface area contributed by atoms with Crippen LogP contribution in [0.2, 0.25) is 0 Å². The van der Waals surface area contributed by atoms with Crippen molar-refractivity contribution in [1.82, 2.24) is 15.0 Å². The summed E-state index contributed by atoms with van der Waals surface area (Å²) < 4.78 is 8.18. The highest BCUT2D eigenvalue weighted by Gasteiger charge is 2.66. The maximum atomic E-state index is 12.4. The first-order valence-electron chi connectivity index (χ1n) is 12.7. The number of carbonyl (C=O) groups excluding carboxylic acids is 2. The largest absolute Gasteiger partial charge is 0.452 e. The summed E-state index contributed by atoms with van der Waals surface area (Å²) in [6.45, 7) is 6.90. The lowest BCUT2D eigenvalue weighted by Crippen LogP contribution is -2.53. The molecule has 6 atom stereocenters. The van der Waals surface area contributed by atoms with Crippen LogP contribution in [-0.2, 0) is 26.5 Å². The zero-order chi connectivity index (χ0) is 22.5. The molecule has 32 heavy (non-hydrogen) atoms. The summed E-state index contributed by atoms with van der Waals surface area (Å²) in [5.41, 5.74) is 1.44. The molecular formula is C26H37N3O3. The Hall–Kier alpha value is -1.98. The second-order valence-electron chi connectivity index (χ2n) is 10.9. The topological polar surface area (TPSA) is 74.1 Å². The van der Waals surface area contributed by atoms with Crippen LogP contribution >= 0.6 is 0 Å². The number of fused-ring (bicyclic) bond motifs is 5. The number of esters is 1. The number of aryl methyl sites for hydroxylation is 1. The third kappa shape index (κ3) is 3.28. The summed E-state index contributed by atoms with van der Waals surface area (Å²) in [6.07, 6.45) is 14.2. The smallest absolute Gasteiger partial charge is 0.303 e. The molecule has 3 saturated carbocycles. The molecular weight excluding hydrogens is 402 g/mol. The van der Waals surface area contributed by atoms with E-state index in [-0.39, 0.29) is 11.4 Å². The molecule has 6 nitrogen and oxygen atoms in total. The molecule has 0 radical (unpaired) electrons. The van der Waals surface area contributed by atoms with Crippen LogP contribution in [0, 0.1) is 29.1 Å². The van der Waals surface area contributed by atoms with Gasteiger partial charge in [-0.15, -0.1) is 5.10 Å². The van der Waals surface area contributed by atoms with Gasteiger partial charge in [-0.05, 0) is 81.1 Å². The fraction of sp³-hybridized carbons (Fsp3) is 0.769. The number of unbranched alkanes of at least 4 members (excludes halogenated alkanes) is 1. The summed E-state index contributed by atoms with van der Waals surface area (Å²) in [6, 6.07) is 0. The van der Waals surface area contributed by atoms with Gasteiger partial charge in [0.25, 0.3) is 0 Å². The average molecular weight is 440 g/mol. The van der Waals surface area contributed by atoms with Crippen LogP contribution in [0.1, 0.15) is 90.7 Å². The van der Waals surface area contributed by atoms with Gasteiger partial charge in [-0.25, -0.2) is 0 Å². The van der Waals surface area contributed by atoms with E-state index >= 15 is 0 Å². The summed E-state index contributed by atoms with van der Waals surface area (Å²) in [7, 11) is 0. The number of ether oxygens (including phenoxy) is 1. The van der Waals surface area contributed by atoms with Gasteiger partial charge in [-0.1, -0.05) is 31.1 Å². The van der Waals surface area contributed by atoms with Crippen LogP contribution in [-0.4, -0.2) is 26.7 Å². The second-order valence-corrected chi connectivity index (χ2v) is 10.9. The van der Waals surface area contributed by atoms with Crippen molar-refractivity contribution in [3.63, 3.8) is 0 Å². The number of rotatable bonds is 5. The monoisotopic (exact) mass is 439 g/mol. The van der Waals surface area contributed by atoms with Gasteiger partial charge in [0.15, 0.2) is 11.4 Å². The quantitative estimate of drug-likeness (QED) is 0.605. The SMILES string of the molecule is CCCCn1cc(C2(OC(C)=O)CCC3C4CCC5=CC(=O)CCC5C4CCC32C)nn1. The van der Waals surface area contributed by atoms with Gasteiger partial charge in [-0.2, -0.15) is 0 Å². The van der Waals surface area contributed by atoms with Crippen molar-refractivity contribution in [2.24, 2.45) is 29.1 Å². The number of carbonyl (C=O) groups is 2. The Balaban J connectivity index is 1.47. The molecule has 4 aliphatic carbocycles. The molecule has 0 spiro atoms. The highest BCUT2D eigenvalue weighted by molar-refractivity contribution is 5.91. The predicted molar refractivity (Wildman–Crippen MR) is 120 cm³/mol. The molecule has 6 unspecified atom stereocenters. The zero-order valence-corrected chi connectivity index (χ0v) is 19.8. The molecule has 0 aliphatic heterocycles. The van der Waals surface area contributed by atoms with E-state index in [4.69, 9.17) is 4.74 Å². The first kappa shape index (κ1) is 21.8. The lowest BCUT2D eigenvalue weighted by Gasteiger charge is -2.55. The normalized spacial score (nSPS) is 38.5. The fourth-order valence-electron chi connectivity index (χ4n) is 7.98. The molecule has 3 fully saturated rings. The Morgan fingerprint density at radius 2 is 2.03 bits per heavy atom. The molecule has 5 rings (SSSR count). The fourth-order valence-corrected chi connectivity index (χ4v) is 7.98. The van der Waals surface area contributed by atoms with E-state index in [1.807, 2.05) is 17.0 Å². The molecule has 0 aromatic carbocycles. The van der Waals surface area contributed by atoms with E-state index in [9.17, 15) is 9.59 Å². The lowest BCUT2D eigenvalue weighted by molar-refractivity contribution is -0.184. The summed E-state index contributed by atoms with van der Waals surface area (Å²) in [5.74, 6) is 2.48. The number of hydrogen-bond acceptors (Lipinski definition) is 5. The number of nitrogens with zero attached hydrogens (tertiary/aromatic N) is 3. The van der Waals surface area contributed by atoms with Gasteiger partial charge < -0.3 is 4.74 Å². The summed E-state index contributed by atoms with van der Waals surface area (Å²) in [5, 5.41) is 8.98. The lowest BCUT2D eigenvalue weighted by atomic mass is 9.50. The number of aromatic nitrogens is 3. The van der Waals surface area contributed by atoms with E-state index in [1.54, 1.807) is 0 Å². The van der Waals surface area contributed by atoms with Crippen LogP contribution in [0.4, 0.5) is 0 Å². The summed E-state index contributed by atoms with van der Waals surface area (Å²) in [4.78, 5) is 24.3. The third-order valence-electron chi connectivity index (χ3n) is 9.43. The van der Waals surface area contributed by atoms with Gasteiger partial charge in [-0.3, -0.25) is 14.3 Å². The molecule has 0 saturated heterocycles. The minimum atomic E-state index is -0.683. The minimum Gasteiger partial charge on any atom is -0.452 e. The van der Waals surface area contributed by atoms with Gasteiger partial charge in [0.2, 0.25) is 0 Å². The van der Waals surface area contributed by atoms with Crippen molar-refractivity contribution in [2.75, 3.05) is 0 Å². The highest BCUT2D eigenvalue weighted by atomic mass is 16.6. The Labute approximate surface area is 191 Å². The summed E-state index contributed by atoms with van der Waals surface area (Å²) >= 11 is 0. The first-order chi connectivity index (χ1) is 15.4. The maximum Gasteiger partial charge on any atom is 0.303 e. The minimum absolute atomic E-state index is 0.128. The Morgan fingerprint density at radius 1 is 1.19 bits per heavy atom. The molecule has 6 heteroatoms. The van der Waals surface area contributed by atoms with Gasteiger partial charge in [0.1, 0.15) is 5.69 Å². The van der Waals surface area contributed by atoms with E-state index in [0.717, 1.165) is 70.0 Å². The van der Waals surface area contributed by atoms with Gasteiger partial charge >= 0.3 is 5.97 Å². The molecule has 4 aliphatic rings. The first-order valence-corrected chi connectivity index (χ1v) is 12.7. The molecule has 1 heterocycles. The van der Waals surface area contributed by atoms with Crippen molar-refractivity contribution >= 4 is 11.8 Å². The van der Waals surface area contributed by atoms with E-state index < -0.39 is 5.60 Å². The Kier molecular flexibility index (Phi) is 5.53. The predicted octanol–water partition coefficient (Wildman–Crippen LogP) is 4.98. The van der Waals surface area contributed by atoms with Crippen molar-refractivity contribution in [3.8, 4) is 0 Å². The third-order valence-corrected chi connectivity index (χ3v) is 9.43. The van der Waals surface area contributed by atoms with Crippen molar-refractivity contribution in [3.05, 3.63) is 23.5 Å². The van der Waals surface area contributed by atoms with E-state index in [2.05, 4.69) is 24.2 Å². The molecule has 0 amide bonds. The molecule has 174 valence electrons.